The van der Waals surface area contributed by atoms with Crippen LogP contribution >= 0.6 is 11.6 Å². The van der Waals surface area contributed by atoms with E-state index in [0.29, 0.717) is 12.5 Å². The third kappa shape index (κ3) is 3.05. The van der Waals surface area contributed by atoms with Crippen molar-refractivity contribution in [3.8, 4) is 0 Å². The molecule has 0 amide bonds. The Labute approximate surface area is 116 Å². The molecule has 6 nitrogen and oxygen atoms in total. The summed E-state index contributed by atoms with van der Waals surface area (Å²) < 4.78 is 25.8. The van der Waals surface area contributed by atoms with Gasteiger partial charge < -0.3 is 0 Å². The van der Waals surface area contributed by atoms with Gasteiger partial charge in [0.25, 0.3) is 5.69 Å². The SMILES string of the molecule is CN(CC1CC1)S(=O)(=O)c1cc([N+](=O)[O-])ccc1Cl. The fourth-order valence-electron chi connectivity index (χ4n) is 1.73. The Balaban J connectivity index is 2.37. The molecule has 0 spiro atoms. The van der Waals surface area contributed by atoms with E-state index in [1.165, 1.54) is 23.5 Å². The third-order valence-corrected chi connectivity index (χ3v) is 5.33. The van der Waals surface area contributed by atoms with E-state index in [4.69, 9.17) is 11.6 Å². The first-order chi connectivity index (χ1) is 8.82. The van der Waals surface area contributed by atoms with Crippen molar-refractivity contribution in [3.05, 3.63) is 33.3 Å². The molecule has 0 aliphatic heterocycles. The lowest BCUT2D eigenvalue weighted by Gasteiger charge is -2.17. The minimum absolute atomic E-state index is 0.00625. The van der Waals surface area contributed by atoms with Crippen molar-refractivity contribution in [1.29, 1.82) is 0 Å². The molecule has 8 heteroatoms. The standard InChI is InChI=1S/C11H13ClN2O4S/c1-13(7-8-2-3-8)19(17,18)11-6-9(14(15)16)4-5-10(11)12/h4-6,8H,2-3,7H2,1H3. The van der Waals surface area contributed by atoms with Crippen molar-refractivity contribution in [2.45, 2.75) is 17.7 Å². The number of nitro groups is 1. The van der Waals surface area contributed by atoms with E-state index in [-0.39, 0.29) is 15.6 Å². The lowest BCUT2D eigenvalue weighted by atomic mass is 10.3. The van der Waals surface area contributed by atoms with Gasteiger partial charge in [-0.3, -0.25) is 10.1 Å². The summed E-state index contributed by atoms with van der Waals surface area (Å²) in [5.41, 5.74) is -0.289. The van der Waals surface area contributed by atoms with Crippen LogP contribution in [0.15, 0.2) is 23.1 Å². The Hall–Kier alpha value is -1.18. The van der Waals surface area contributed by atoms with Gasteiger partial charge >= 0.3 is 0 Å². The first-order valence-electron chi connectivity index (χ1n) is 5.72. The highest BCUT2D eigenvalue weighted by molar-refractivity contribution is 7.89. The summed E-state index contributed by atoms with van der Waals surface area (Å²) in [5, 5.41) is 10.7. The monoisotopic (exact) mass is 304 g/mol. The van der Waals surface area contributed by atoms with Gasteiger partial charge in [-0.2, -0.15) is 0 Å². The van der Waals surface area contributed by atoms with Crippen molar-refractivity contribution in [2.75, 3.05) is 13.6 Å². The molecule has 0 atom stereocenters. The molecule has 0 aromatic heterocycles. The van der Waals surface area contributed by atoms with Crippen molar-refractivity contribution in [3.63, 3.8) is 0 Å². The lowest BCUT2D eigenvalue weighted by molar-refractivity contribution is -0.385. The summed E-state index contributed by atoms with van der Waals surface area (Å²) >= 11 is 5.85. The van der Waals surface area contributed by atoms with Crippen LogP contribution in [-0.4, -0.2) is 31.2 Å². The highest BCUT2D eigenvalue weighted by atomic mass is 35.5. The van der Waals surface area contributed by atoms with Crippen LogP contribution in [0, 0.1) is 16.0 Å². The average molecular weight is 305 g/mol. The zero-order valence-electron chi connectivity index (χ0n) is 10.2. The molecule has 1 aliphatic rings. The predicted octanol–water partition coefficient (Wildman–Crippen LogP) is 2.28. The van der Waals surface area contributed by atoms with Gasteiger partial charge in [0.1, 0.15) is 4.90 Å². The number of non-ortho nitro benzene ring substituents is 1. The predicted molar refractivity (Wildman–Crippen MR) is 70.6 cm³/mol. The molecule has 0 heterocycles. The van der Waals surface area contributed by atoms with Crippen molar-refractivity contribution >= 4 is 27.3 Å². The fourth-order valence-corrected chi connectivity index (χ4v) is 3.47. The molecule has 0 bridgehead atoms. The van der Waals surface area contributed by atoms with Crippen LogP contribution in [0.25, 0.3) is 0 Å². The third-order valence-electron chi connectivity index (χ3n) is 3.03. The molecule has 19 heavy (non-hydrogen) atoms. The molecule has 2 rings (SSSR count). The van der Waals surface area contributed by atoms with E-state index >= 15 is 0 Å². The number of benzene rings is 1. The summed E-state index contributed by atoms with van der Waals surface area (Å²) in [7, 11) is -2.32. The Morgan fingerprint density at radius 1 is 1.47 bits per heavy atom. The summed E-state index contributed by atoms with van der Waals surface area (Å²) in [6.07, 6.45) is 2.03. The number of halogens is 1. The molecular formula is C11H13ClN2O4S. The Morgan fingerprint density at radius 3 is 2.63 bits per heavy atom. The van der Waals surface area contributed by atoms with Crippen LogP contribution in [0.1, 0.15) is 12.8 Å². The van der Waals surface area contributed by atoms with E-state index in [9.17, 15) is 18.5 Å². The van der Waals surface area contributed by atoms with Crippen LogP contribution in [0.5, 0.6) is 0 Å². The van der Waals surface area contributed by atoms with Gasteiger partial charge in [-0.05, 0) is 24.8 Å². The van der Waals surface area contributed by atoms with E-state index in [1.54, 1.807) is 0 Å². The van der Waals surface area contributed by atoms with E-state index in [2.05, 4.69) is 0 Å². The number of hydrogen-bond donors (Lipinski definition) is 0. The molecule has 104 valence electrons. The zero-order chi connectivity index (χ0) is 14.2. The maximum absolute atomic E-state index is 12.3. The summed E-state index contributed by atoms with van der Waals surface area (Å²) in [6, 6.07) is 3.42. The molecular weight excluding hydrogens is 292 g/mol. The molecule has 0 radical (unpaired) electrons. The van der Waals surface area contributed by atoms with Crippen molar-refractivity contribution in [2.24, 2.45) is 5.92 Å². The molecule has 1 fully saturated rings. The average Bonchev–Trinajstić information content (AvgIpc) is 3.12. The van der Waals surface area contributed by atoms with Gasteiger partial charge in [-0.25, -0.2) is 12.7 Å². The number of rotatable bonds is 5. The van der Waals surface area contributed by atoms with Gasteiger partial charge in [0.2, 0.25) is 10.0 Å². The zero-order valence-corrected chi connectivity index (χ0v) is 11.8. The fraction of sp³-hybridized carbons (Fsp3) is 0.455. The highest BCUT2D eigenvalue weighted by Gasteiger charge is 2.31. The number of nitro benzene ring substituents is 1. The largest absolute Gasteiger partial charge is 0.270 e. The van der Waals surface area contributed by atoms with Crippen LogP contribution in [0.3, 0.4) is 0 Å². The van der Waals surface area contributed by atoms with E-state index in [1.807, 2.05) is 0 Å². The summed E-state index contributed by atoms with van der Waals surface area (Å²) in [5.74, 6) is 0.386. The summed E-state index contributed by atoms with van der Waals surface area (Å²) in [4.78, 5) is 9.84. The Bertz CT molecular complexity index is 613. The lowest BCUT2D eigenvalue weighted by Crippen LogP contribution is -2.29. The first-order valence-corrected chi connectivity index (χ1v) is 7.54. The second kappa shape index (κ2) is 5.07. The maximum atomic E-state index is 12.3. The first kappa shape index (κ1) is 14.2. The van der Waals surface area contributed by atoms with Crippen LogP contribution in [-0.2, 0) is 10.0 Å². The van der Waals surface area contributed by atoms with Gasteiger partial charge in [0.05, 0.1) is 9.95 Å². The molecule has 1 aliphatic carbocycles. The van der Waals surface area contributed by atoms with Crippen LogP contribution in [0.2, 0.25) is 5.02 Å². The second-order valence-corrected chi connectivity index (χ2v) is 7.02. The molecule has 0 unspecified atom stereocenters. The van der Waals surface area contributed by atoms with Gasteiger partial charge in [-0.1, -0.05) is 11.6 Å². The smallest absolute Gasteiger partial charge is 0.258 e. The summed E-state index contributed by atoms with van der Waals surface area (Å²) in [6.45, 7) is 0.418. The maximum Gasteiger partial charge on any atom is 0.270 e. The van der Waals surface area contributed by atoms with Crippen molar-refractivity contribution in [1.82, 2.24) is 4.31 Å². The van der Waals surface area contributed by atoms with E-state index < -0.39 is 14.9 Å². The van der Waals surface area contributed by atoms with Gasteiger partial charge in [-0.15, -0.1) is 0 Å². The van der Waals surface area contributed by atoms with Crippen LogP contribution in [0.4, 0.5) is 5.69 Å². The molecule has 0 saturated heterocycles. The minimum atomic E-state index is -3.78. The number of hydrogen-bond acceptors (Lipinski definition) is 4. The number of sulfonamides is 1. The van der Waals surface area contributed by atoms with Gasteiger partial charge in [0.15, 0.2) is 0 Å². The number of nitrogens with zero attached hydrogens (tertiary/aromatic N) is 2. The second-order valence-electron chi connectivity index (χ2n) is 4.60. The molecule has 1 aromatic rings. The van der Waals surface area contributed by atoms with Gasteiger partial charge in [0, 0.05) is 25.7 Å². The van der Waals surface area contributed by atoms with E-state index in [0.717, 1.165) is 18.9 Å². The Kier molecular flexibility index (Phi) is 3.80. The quantitative estimate of drug-likeness (QED) is 0.617. The highest BCUT2D eigenvalue weighted by Crippen LogP contribution is 2.33. The van der Waals surface area contributed by atoms with Crippen LogP contribution < -0.4 is 0 Å². The molecule has 1 saturated carbocycles. The van der Waals surface area contributed by atoms with Crippen molar-refractivity contribution < 1.29 is 13.3 Å². The Morgan fingerprint density at radius 2 is 2.11 bits per heavy atom. The normalized spacial score (nSPS) is 15.7. The molecule has 1 aromatic carbocycles. The molecule has 0 N–H and O–H groups in total. The minimum Gasteiger partial charge on any atom is -0.258 e. The topological polar surface area (TPSA) is 80.5 Å².